The van der Waals surface area contributed by atoms with E-state index in [0.29, 0.717) is 35.5 Å². The van der Waals surface area contributed by atoms with Gasteiger partial charge in [-0.15, -0.1) is 18.4 Å². The van der Waals surface area contributed by atoms with Crippen LogP contribution in [0.25, 0.3) is 22.3 Å². The van der Waals surface area contributed by atoms with Gasteiger partial charge in [0.2, 0.25) is 0 Å². The Morgan fingerprint density at radius 2 is 0.855 bits per heavy atom. The van der Waals surface area contributed by atoms with Crippen LogP contribution >= 0.6 is 0 Å². The molecule has 0 bridgehead atoms. The van der Waals surface area contributed by atoms with Gasteiger partial charge in [-0.25, -0.2) is 12.2 Å². The Bertz CT molecular complexity index is 1780. The van der Waals surface area contributed by atoms with E-state index in [2.05, 4.69) is 192 Å². The zero-order valence-electron chi connectivity index (χ0n) is 31.4. The molecule has 8 unspecified atom stereocenters. The van der Waals surface area contributed by atoms with E-state index >= 15 is 0 Å². The number of allylic oxidation sites excluding steroid dienone is 16. The molecule has 4 aromatic rings. The van der Waals surface area contributed by atoms with E-state index < -0.39 is 0 Å². The molecule has 6 aliphatic carbocycles. The Morgan fingerprint density at radius 3 is 1.24 bits per heavy atom. The number of fused-ring (bicyclic) bond motifs is 8. The molecule has 0 aromatic heterocycles. The molecular formula is C52H50Cl2Zr-2. The van der Waals surface area contributed by atoms with Crippen molar-refractivity contribution in [3.63, 3.8) is 0 Å². The Hall–Kier alpha value is -3.87. The van der Waals surface area contributed by atoms with Gasteiger partial charge in [-0.05, 0) is 51.8 Å². The monoisotopic (exact) mass is 834 g/mol. The zero-order chi connectivity index (χ0) is 36.5. The van der Waals surface area contributed by atoms with Gasteiger partial charge in [-0.1, -0.05) is 194 Å². The molecular weight excluding hydrogens is 787 g/mol. The second-order valence-corrected chi connectivity index (χ2v) is 15.3. The second-order valence-electron chi connectivity index (χ2n) is 13.9. The molecule has 6 aliphatic rings. The van der Waals surface area contributed by atoms with Crippen molar-refractivity contribution < 1.29 is 49.0 Å². The Morgan fingerprint density at radius 1 is 0.491 bits per heavy atom. The minimum atomic E-state index is 0. The van der Waals surface area contributed by atoms with Crippen LogP contribution in [0.4, 0.5) is 0 Å². The first-order valence-electron chi connectivity index (χ1n) is 19.1. The third-order valence-corrected chi connectivity index (χ3v) is 10.7. The van der Waals surface area contributed by atoms with Crippen molar-refractivity contribution in [2.75, 3.05) is 0 Å². The second kappa shape index (κ2) is 23.9. The molecule has 0 spiro atoms. The molecule has 55 heavy (non-hydrogen) atoms. The van der Waals surface area contributed by atoms with Gasteiger partial charge in [0.05, 0.1) is 0 Å². The van der Waals surface area contributed by atoms with Crippen LogP contribution in [0.5, 0.6) is 0 Å². The van der Waals surface area contributed by atoms with Crippen LogP contribution in [0.15, 0.2) is 212 Å². The minimum Gasteiger partial charge on any atom is -1.00 e. The predicted molar refractivity (Wildman–Crippen MR) is 224 cm³/mol. The largest absolute Gasteiger partial charge is 1.00 e. The van der Waals surface area contributed by atoms with Gasteiger partial charge < -0.3 is 31.2 Å². The summed E-state index contributed by atoms with van der Waals surface area (Å²) in [5.41, 5.74) is 5.10. The third kappa shape index (κ3) is 12.1. The summed E-state index contributed by atoms with van der Waals surface area (Å²) in [6, 6.07) is 41.6. The van der Waals surface area contributed by atoms with E-state index in [0.717, 1.165) is 18.3 Å². The summed E-state index contributed by atoms with van der Waals surface area (Å²) >= 11 is 1.51. The van der Waals surface area contributed by atoms with Gasteiger partial charge in [-0.3, -0.25) is 6.08 Å². The Kier molecular flexibility index (Phi) is 19.1. The molecule has 0 heterocycles. The normalized spacial score (nSPS) is 25.7. The number of halogens is 2. The maximum atomic E-state index is 2.99. The zero-order valence-corrected chi connectivity index (χ0v) is 35.4. The molecule has 10 rings (SSSR count). The van der Waals surface area contributed by atoms with E-state index in [4.69, 9.17) is 0 Å². The average Bonchev–Trinajstić information content (AvgIpc) is 3.96. The molecule has 0 N–H and O–H groups in total. The topological polar surface area (TPSA) is 0 Å². The molecule has 0 saturated heterocycles. The van der Waals surface area contributed by atoms with Gasteiger partial charge in [0, 0.05) is 0 Å². The molecule has 4 aromatic carbocycles. The first-order chi connectivity index (χ1) is 26.3. The maximum Gasteiger partial charge on any atom is -0.0184 e. The van der Waals surface area contributed by atoms with Crippen molar-refractivity contribution in [3.8, 4) is 22.3 Å². The van der Waals surface area contributed by atoms with Gasteiger partial charge in [0.15, 0.2) is 0 Å². The summed E-state index contributed by atoms with van der Waals surface area (Å²) < 4.78 is 2.09. The average molecular weight is 837 g/mol. The Balaban J connectivity index is 0.000000171. The predicted octanol–water partition coefficient (Wildman–Crippen LogP) is 6.90. The van der Waals surface area contributed by atoms with Crippen molar-refractivity contribution in [1.29, 1.82) is 0 Å². The molecule has 2 saturated carbocycles. The van der Waals surface area contributed by atoms with Gasteiger partial charge in [0.1, 0.15) is 0 Å². The fourth-order valence-corrected chi connectivity index (χ4v) is 8.44. The number of hydrogen-bond acceptors (Lipinski definition) is 0. The summed E-state index contributed by atoms with van der Waals surface area (Å²) in [4.78, 5) is 0. The fraction of sp³-hybridized carbons (Fsp3) is 0.192. The molecule has 0 amide bonds. The summed E-state index contributed by atoms with van der Waals surface area (Å²) in [6.45, 7) is 2.04. The van der Waals surface area contributed by atoms with Crippen LogP contribution < -0.4 is 24.8 Å². The standard InChI is InChI=1S/C21H21.2C12H10.C5H5.C2H4.2ClH.Zr/c1-2-8-15-14(7-1)13-20-18-11-4-3-9-16(18)17-10-5-6-12-19(17)21(15)20;2*1-3-7-11(8-4-1)12-9-5-2-6-10-12;1-2-4-5-3-1;1-2;;;/h1-21H;2*1-10H;1-3H,4H2;1H,2H3;2*1H;/q-1;;;-1;;;;+2/p-2. The number of benzene rings is 4. The molecule has 8 atom stereocenters. The van der Waals surface area contributed by atoms with Crippen molar-refractivity contribution >= 4 is 3.71 Å². The summed E-state index contributed by atoms with van der Waals surface area (Å²) in [5, 5.41) is 0. The first kappa shape index (κ1) is 43.9. The molecule has 3 heteroatoms. The van der Waals surface area contributed by atoms with Crippen LogP contribution in [0, 0.1) is 59.8 Å². The molecule has 0 nitrogen and oxygen atoms in total. The smallest absolute Gasteiger partial charge is 0.0184 e. The van der Waals surface area contributed by atoms with Gasteiger partial charge in [-0.2, -0.15) is 12.0 Å². The van der Waals surface area contributed by atoms with Crippen LogP contribution in [-0.2, 0) is 24.2 Å². The molecule has 0 aliphatic heterocycles. The molecule has 0 radical (unpaired) electrons. The Labute approximate surface area is 358 Å². The minimum absolute atomic E-state index is 0. The van der Waals surface area contributed by atoms with Gasteiger partial charge in [0.25, 0.3) is 0 Å². The van der Waals surface area contributed by atoms with E-state index in [-0.39, 0.29) is 24.8 Å². The van der Waals surface area contributed by atoms with Crippen molar-refractivity contribution in [2.45, 2.75) is 13.3 Å². The van der Waals surface area contributed by atoms with Crippen molar-refractivity contribution in [2.24, 2.45) is 47.3 Å². The number of rotatable bonds is 2. The van der Waals surface area contributed by atoms with Crippen LogP contribution in [0.1, 0.15) is 13.3 Å². The summed E-state index contributed by atoms with van der Waals surface area (Å²) in [5.74, 6) is 5.66. The van der Waals surface area contributed by atoms with Crippen LogP contribution in [0.3, 0.4) is 0 Å². The van der Waals surface area contributed by atoms with Crippen LogP contribution in [0.2, 0.25) is 0 Å². The summed E-state index contributed by atoms with van der Waals surface area (Å²) in [7, 11) is 0. The fourth-order valence-electron chi connectivity index (χ4n) is 8.44. The van der Waals surface area contributed by atoms with Gasteiger partial charge >= 0.3 is 34.9 Å². The van der Waals surface area contributed by atoms with E-state index in [9.17, 15) is 0 Å². The SMILES string of the molecule is C1=CC2[CH-]C3C4C=CC=CC4C4C=CC=CC4C3C2C=C1.C[CH]=[Zr+2].[C-]1=CC=CC1.[Cl-].[Cl-].c1ccc(-c2ccccc2)cc1.c1ccc(-c2ccccc2)cc1. The molecule has 2 fully saturated rings. The first-order valence-corrected chi connectivity index (χ1v) is 20.5. The van der Waals surface area contributed by atoms with E-state index in [1.807, 2.05) is 43.3 Å². The van der Waals surface area contributed by atoms with E-state index in [1.165, 1.54) is 46.5 Å². The third-order valence-electron chi connectivity index (χ3n) is 10.7. The summed E-state index contributed by atoms with van der Waals surface area (Å²) in [6.07, 6.45) is 41.0. The quantitative estimate of drug-likeness (QED) is 0.193. The van der Waals surface area contributed by atoms with Crippen molar-refractivity contribution in [1.82, 2.24) is 0 Å². The molecule has 278 valence electrons. The van der Waals surface area contributed by atoms with Crippen molar-refractivity contribution in [3.05, 3.63) is 225 Å². The van der Waals surface area contributed by atoms with E-state index in [1.54, 1.807) is 0 Å². The number of hydrogen-bond donors (Lipinski definition) is 0. The maximum absolute atomic E-state index is 2.99. The van der Waals surface area contributed by atoms with Crippen LogP contribution in [-0.4, -0.2) is 3.71 Å².